The van der Waals surface area contributed by atoms with E-state index < -0.39 is 5.82 Å². The van der Waals surface area contributed by atoms with Gasteiger partial charge in [-0.25, -0.2) is 9.37 Å². The fourth-order valence-electron chi connectivity index (χ4n) is 3.77. The maximum absolute atomic E-state index is 15.1. The normalized spacial score (nSPS) is 11.1. The first kappa shape index (κ1) is 20.5. The van der Waals surface area contributed by atoms with Crippen molar-refractivity contribution >= 4 is 39.4 Å². The summed E-state index contributed by atoms with van der Waals surface area (Å²) in [6, 6.07) is 20.5. The zero-order valence-electron chi connectivity index (χ0n) is 17.4. The van der Waals surface area contributed by atoms with E-state index in [9.17, 15) is 0 Å². The number of imidazole rings is 1. The fraction of sp³-hybridized carbons (Fsp3) is 0.0800. The number of para-hydroxylation sites is 1. The average Bonchev–Trinajstić information content (AvgIpc) is 3.36. The lowest BCUT2D eigenvalue weighted by atomic mass is 10.1. The number of hydrogen-bond donors (Lipinski definition) is 1. The van der Waals surface area contributed by atoms with Crippen molar-refractivity contribution in [1.82, 2.24) is 9.38 Å². The number of thiazole rings is 1. The van der Waals surface area contributed by atoms with Crippen LogP contribution in [0.4, 0.5) is 15.9 Å². The van der Waals surface area contributed by atoms with Gasteiger partial charge in [0.15, 0.2) is 4.96 Å². The number of ether oxygens (including phenoxy) is 1. The van der Waals surface area contributed by atoms with Crippen LogP contribution in [0.5, 0.6) is 5.75 Å². The van der Waals surface area contributed by atoms with Gasteiger partial charge in [0.05, 0.1) is 29.1 Å². The zero-order valence-corrected chi connectivity index (χ0v) is 19.0. The Labute approximate surface area is 193 Å². The van der Waals surface area contributed by atoms with Crippen molar-refractivity contribution in [3.05, 3.63) is 88.5 Å². The molecule has 4 nitrogen and oxygen atoms in total. The molecule has 0 unspecified atom stereocenters. The smallest absolute Gasteiger partial charge is 0.196 e. The van der Waals surface area contributed by atoms with Crippen LogP contribution >= 0.6 is 22.9 Å². The summed E-state index contributed by atoms with van der Waals surface area (Å²) < 4.78 is 22.6. The maximum atomic E-state index is 15.1. The minimum Gasteiger partial charge on any atom is -0.496 e. The van der Waals surface area contributed by atoms with Gasteiger partial charge in [-0.05, 0) is 36.2 Å². The van der Waals surface area contributed by atoms with E-state index in [1.54, 1.807) is 12.1 Å². The molecule has 7 heteroatoms. The number of aromatic nitrogens is 2. The van der Waals surface area contributed by atoms with Crippen LogP contribution in [0.25, 0.3) is 27.5 Å². The standard InChI is InChI=1S/C25H19ClFN3OS/c1-15-8-6-11-17(26)22(15)28-24-23(21-18(27)12-7-13-20(21)31-2)29-25-30(24)19(14-32-25)16-9-4-3-5-10-16/h3-14,28H,1-2H3. The van der Waals surface area contributed by atoms with Gasteiger partial charge in [-0.15, -0.1) is 11.3 Å². The van der Waals surface area contributed by atoms with Gasteiger partial charge < -0.3 is 10.1 Å². The van der Waals surface area contributed by atoms with Crippen molar-refractivity contribution in [3.8, 4) is 28.3 Å². The van der Waals surface area contributed by atoms with E-state index in [-0.39, 0.29) is 0 Å². The van der Waals surface area contributed by atoms with Gasteiger partial charge in [0, 0.05) is 5.38 Å². The predicted molar refractivity (Wildman–Crippen MR) is 130 cm³/mol. The van der Waals surface area contributed by atoms with Gasteiger partial charge in [-0.1, -0.05) is 60.1 Å². The van der Waals surface area contributed by atoms with Crippen LogP contribution in [0.1, 0.15) is 5.56 Å². The highest BCUT2D eigenvalue weighted by atomic mass is 35.5. The molecule has 0 spiro atoms. The van der Waals surface area contributed by atoms with Crippen LogP contribution in [-0.2, 0) is 0 Å². The molecule has 0 fully saturated rings. The number of fused-ring (bicyclic) bond motifs is 1. The lowest BCUT2D eigenvalue weighted by Gasteiger charge is -2.15. The summed E-state index contributed by atoms with van der Waals surface area (Å²) in [4.78, 5) is 5.54. The second-order valence-electron chi connectivity index (χ2n) is 7.29. The Hall–Kier alpha value is -3.35. The first-order valence-electron chi connectivity index (χ1n) is 9.99. The maximum Gasteiger partial charge on any atom is 0.196 e. The molecule has 0 saturated heterocycles. The zero-order chi connectivity index (χ0) is 22.2. The molecule has 0 bridgehead atoms. The van der Waals surface area contributed by atoms with Crippen molar-refractivity contribution in [2.75, 3.05) is 12.4 Å². The van der Waals surface area contributed by atoms with E-state index in [0.717, 1.165) is 27.5 Å². The summed E-state index contributed by atoms with van der Waals surface area (Å²) in [5.41, 5.74) is 4.46. The minimum atomic E-state index is -0.407. The Morgan fingerprint density at radius 2 is 1.81 bits per heavy atom. The molecule has 0 aliphatic carbocycles. The molecular formula is C25H19ClFN3OS. The molecule has 1 N–H and O–H groups in total. The summed E-state index contributed by atoms with van der Waals surface area (Å²) in [5, 5.41) is 6.08. The summed E-state index contributed by atoms with van der Waals surface area (Å²) in [6.07, 6.45) is 0. The van der Waals surface area contributed by atoms with Gasteiger partial charge in [0.1, 0.15) is 23.1 Å². The lowest BCUT2D eigenvalue weighted by Crippen LogP contribution is -2.01. The van der Waals surface area contributed by atoms with E-state index in [2.05, 4.69) is 5.32 Å². The monoisotopic (exact) mass is 463 g/mol. The average molecular weight is 464 g/mol. The highest BCUT2D eigenvalue weighted by Gasteiger charge is 2.24. The molecular weight excluding hydrogens is 445 g/mol. The Morgan fingerprint density at radius 3 is 2.56 bits per heavy atom. The first-order valence-corrected chi connectivity index (χ1v) is 11.2. The highest BCUT2D eigenvalue weighted by Crippen LogP contribution is 2.42. The van der Waals surface area contributed by atoms with Gasteiger partial charge >= 0.3 is 0 Å². The van der Waals surface area contributed by atoms with E-state index in [1.807, 2.05) is 65.2 Å². The first-order chi connectivity index (χ1) is 15.6. The summed E-state index contributed by atoms with van der Waals surface area (Å²) in [5.74, 6) is 0.631. The number of halogens is 2. The van der Waals surface area contributed by atoms with Gasteiger partial charge in [0.2, 0.25) is 0 Å². The van der Waals surface area contributed by atoms with Crippen molar-refractivity contribution in [3.63, 3.8) is 0 Å². The number of methoxy groups -OCH3 is 1. The van der Waals surface area contributed by atoms with Crippen molar-refractivity contribution in [2.24, 2.45) is 0 Å². The number of aryl methyl sites for hydroxylation is 1. The summed E-state index contributed by atoms with van der Waals surface area (Å²) in [7, 11) is 1.53. The van der Waals surface area contributed by atoms with Crippen molar-refractivity contribution < 1.29 is 9.13 Å². The molecule has 0 aliphatic rings. The number of nitrogens with one attached hydrogen (secondary N) is 1. The van der Waals surface area contributed by atoms with Crippen LogP contribution in [0.15, 0.2) is 72.1 Å². The highest BCUT2D eigenvalue weighted by molar-refractivity contribution is 7.15. The fourth-order valence-corrected chi connectivity index (χ4v) is 4.94. The van der Waals surface area contributed by atoms with Crippen molar-refractivity contribution in [1.29, 1.82) is 0 Å². The Balaban J connectivity index is 1.82. The minimum absolute atomic E-state index is 0.303. The SMILES string of the molecule is COc1cccc(F)c1-c1nc2scc(-c3ccccc3)n2c1Nc1c(C)cccc1Cl. The second-order valence-corrected chi connectivity index (χ2v) is 8.53. The molecule has 0 saturated carbocycles. The third-order valence-corrected chi connectivity index (χ3v) is 6.47. The second kappa shape index (κ2) is 8.30. The van der Waals surface area contributed by atoms with E-state index >= 15 is 4.39 Å². The van der Waals surface area contributed by atoms with Gasteiger partial charge in [0.25, 0.3) is 0 Å². The van der Waals surface area contributed by atoms with Crippen LogP contribution in [-0.4, -0.2) is 16.5 Å². The topological polar surface area (TPSA) is 38.6 Å². The number of nitrogens with zero attached hydrogens (tertiary/aromatic N) is 2. The number of rotatable bonds is 5. The quantitative estimate of drug-likeness (QED) is 0.292. The summed E-state index contributed by atoms with van der Waals surface area (Å²) >= 11 is 8.02. The van der Waals surface area contributed by atoms with E-state index in [1.165, 1.54) is 24.5 Å². The number of hydrogen-bond acceptors (Lipinski definition) is 4. The molecule has 160 valence electrons. The summed E-state index contributed by atoms with van der Waals surface area (Å²) in [6.45, 7) is 1.97. The molecule has 5 aromatic rings. The van der Waals surface area contributed by atoms with E-state index in [0.29, 0.717) is 27.8 Å². The molecule has 2 heterocycles. The molecule has 0 radical (unpaired) electrons. The molecule has 2 aromatic heterocycles. The molecule has 3 aromatic carbocycles. The number of anilines is 2. The molecule has 0 atom stereocenters. The van der Waals surface area contributed by atoms with Gasteiger partial charge in [-0.3, -0.25) is 4.40 Å². The molecule has 5 rings (SSSR count). The van der Waals surface area contributed by atoms with E-state index in [4.69, 9.17) is 21.3 Å². The predicted octanol–water partition coefficient (Wildman–Crippen LogP) is 7.58. The largest absolute Gasteiger partial charge is 0.496 e. The number of benzene rings is 3. The molecule has 0 amide bonds. The van der Waals surface area contributed by atoms with Crippen molar-refractivity contribution in [2.45, 2.75) is 6.92 Å². The third kappa shape index (κ3) is 3.42. The van der Waals surface area contributed by atoms with Crippen LogP contribution in [0, 0.1) is 12.7 Å². The molecule has 32 heavy (non-hydrogen) atoms. The van der Waals surface area contributed by atoms with Gasteiger partial charge in [-0.2, -0.15) is 0 Å². The Morgan fingerprint density at radius 1 is 1.03 bits per heavy atom. The van der Waals surface area contributed by atoms with Crippen LogP contribution in [0.2, 0.25) is 5.02 Å². The third-order valence-electron chi connectivity index (χ3n) is 5.33. The Kier molecular flexibility index (Phi) is 5.33. The lowest BCUT2D eigenvalue weighted by molar-refractivity contribution is 0.413. The van der Waals surface area contributed by atoms with Crippen LogP contribution in [0.3, 0.4) is 0 Å². The van der Waals surface area contributed by atoms with Crippen LogP contribution < -0.4 is 10.1 Å². The molecule has 0 aliphatic heterocycles. The Bertz CT molecular complexity index is 1410.